The van der Waals surface area contributed by atoms with Gasteiger partial charge in [-0.3, -0.25) is 0 Å². The van der Waals surface area contributed by atoms with Crippen LogP contribution < -0.4 is 5.73 Å². The average Bonchev–Trinajstić information content (AvgIpc) is 2.34. The van der Waals surface area contributed by atoms with Crippen LogP contribution in [0.5, 0.6) is 0 Å². The summed E-state index contributed by atoms with van der Waals surface area (Å²) in [5.74, 6) is 0.145. The summed E-state index contributed by atoms with van der Waals surface area (Å²) in [7, 11) is 0. The zero-order valence-electron chi connectivity index (χ0n) is 5.37. The fraction of sp³-hybridized carbons (Fsp3) is 0. The Morgan fingerprint density at radius 3 is 2.92 bits per heavy atom. The molecular formula is C5H5ClN5Na. The fourth-order valence-corrected chi connectivity index (χ4v) is 1.04. The number of aromatic amines is 1. The van der Waals surface area contributed by atoms with E-state index >= 15 is 0 Å². The number of nitrogens with two attached hydrogens (primary N) is 1. The van der Waals surface area contributed by atoms with Crippen molar-refractivity contribution in [1.29, 1.82) is 0 Å². The quantitative estimate of drug-likeness (QED) is 0.454. The van der Waals surface area contributed by atoms with E-state index in [4.69, 9.17) is 17.3 Å². The van der Waals surface area contributed by atoms with Crippen LogP contribution in [0.4, 0.5) is 5.95 Å². The molecule has 0 aromatic carbocycles. The Labute approximate surface area is 95.0 Å². The van der Waals surface area contributed by atoms with Crippen molar-refractivity contribution in [2.45, 2.75) is 0 Å². The molecule has 7 heteroatoms. The molecule has 0 saturated carbocycles. The van der Waals surface area contributed by atoms with E-state index in [0.29, 0.717) is 11.2 Å². The van der Waals surface area contributed by atoms with Gasteiger partial charge in [0, 0.05) is 0 Å². The number of rotatable bonds is 0. The first-order chi connectivity index (χ1) is 5.27. The van der Waals surface area contributed by atoms with Gasteiger partial charge in [-0.15, -0.1) is 0 Å². The molecule has 2 rings (SSSR count). The standard InChI is InChI=1S/C5H4ClN5.Na.H/c6-3-2-4(9-1-8-2)11-5(7)10-3;;/h1H,(H3,7,8,9,10,11);;. The number of hydrogen-bond donors (Lipinski definition) is 2. The van der Waals surface area contributed by atoms with E-state index in [2.05, 4.69) is 19.9 Å². The number of fused-ring (bicyclic) bond motifs is 1. The van der Waals surface area contributed by atoms with Crippen LogP contribution in [0.2, 0.25) is 5.15 Å². The summed E-state index contributed by atoms with van der Waals surface area (Å²) < 4.78 is 0. The molecule has 0 spiro atoms. The van der Waals surface area contributed by atoms with Crippen LogP contribution >= 0.6 is 11.6 Å². The molecule has 0 aliphatic rings. The SMILES string of the molecule is Nc1nc(Cl)c2nc[nH]c2n1.[NaH]. The van der Waals surface area contributed by atoms with Gasteiger partial charge in [0.2, 0.25) is 5.95 Å². The molecule has 0 atom stereocenters. The number of nitrogens with one attached hydrogen (secondary N) is 1. The Hall–Kier alpha value is -0.360. The number of nitrogen functional groups attached to an aromatic ring is 1. The predicted molar refractivity (Wildman–Crippen MR) is 48.3 cm³/mol. The Morgan fingerprint density at radius 1 is 1.42 bits per heavy atom. The van der Waals surface area contributed by atoms with Gasteiger partial charge in [-0.2, -0.15) is 9.97 Å². The third-order valence-corrected chi connectivity index (χ3v) is 1.52. The minimum absolute atomic E-state index is 0. The number of halogens is 1. The molecule has 0 fully saturated rings. The van der Waals surface area contributed by atoms with E-state index in [1.165, 1.54) is 6.33 Å². The van der Waals surface area contributed by atoms with Crippen LogP contribution in [0.15, 0.2) is 6.33 Å². The monoisotopic (exact) mass is 193 g/mol. The average molecular weight is 194 g/mol. The molecule has 0 unspecified atom stereocenters. The molecule has 0 aliphatic carbocycles. The van der Waals surface area contributed by atoms with Gasteiger partial charge in [0.1, 0.15) is 5.52 Å². The number of nitrogens with zero attached hydrogens (tertiary/aromatic N) is 3. The number of H-pyrrole nitrogens is 1. The summed E-state index contributed by atoms with van der Waals surface area (Å²) in [6.07, 6.45) is 1.49. The van der Waals surface area contributed by atoms with Gasteiger partial charge in [0.15, 0.2) is 10.8 Å². The maximum absolute atomic E-state index is 5.69. The summed E-state index contributed by atoms with van der Waals surface area (Å²) in [5.41, 5.74) is 6.43. The van der Waals surface area contributed by atoms with Gasteiger partial charge in [-0.1, -0.05) is 11.6 Å². The van der Waals surface area contributed by atoms with Crippen molar-refractivity contribution in [3.05, 3.63) is 11.5 Å². The van der Waals surface area contributed by atoms with E-state index in [1.807, 2.05) is 0 Å². The van der Waals surface area contributed by atoms with Crippen molar-refractivity contribution in [2.75, 3.05) is 5.73 Å². The van der Waals surface area contributed by atoms with E-state index in [1.54, 1.807) is 0 Å². The topological polar surface area (TPSA) is 80.5 Å². The van der Waals surface area contributed by atoms with Crippen LogP contribution in [0, 0.1) is 0 Å². The second-order valence-electron chi connectivity index (χ2n) is 1.97. The minimum atomic E-state index is 0. The molecule has 2 aromatic rings. The molecule has 0 amide bonds. The van der Waals surface area contributed by atoms with Gasteiger partial charge in [-0.05, 0) is 0 Å². The van der Waals surface area contributed by atoms with Crippen molar-refractivity contribution < 1.29 is 0 Å². The van der Waals surface area contributed by atoms with Crippen LogP contribution in [-0.2, 0) is 0 Å². The molecule has 0 aliphatic heterocycles. The Kier molecular flexibility index (Phi) is 2.89. The van der Waals surface area contributed by atoms with Gasteiger partial charge in [0.05, 0.1) is 6.33 Å². The van der Waals surface area contributed by atoms with E-state index < -0.39 is 0 Å². The predicted octanol–water partition coefficient (Wildman–Crippen LogP) is -0.0600. The molecule has 3 N–H and O–H groups in total. The molecule has 2 heterocycles. The van der Waals surface area contributed by atoms with Crippen LogP contribution in [-0.4, -0.2) is 49.5 Å². The summed E-state index contributed by atoms with van der Waals surface area (Å²) in [6, 6.07) is 0. The summed E-state index contributed by atoms with van der Waals surface area (Å²) in [4.78, 5) is 14.3. The van der Waals surface area contributed by atoms with Crippen LogP contribution in [0.1, 0.15) is 0 Å². The molecule has 12 heavy (non-hydrogen) atoms. The number of aromatic nitrogens is 4. The van der Waals surface area contributed by atoms with Crippen molar-refractivity contribution >= 4 is 58.3 Å². The normalized spacial score (nSPS) is 9.75. The van der Waals surface area contributed by atoms with Crippen molar-refractivity contribution in [2.24, 2.45) is 0 Å². The van der Waals surface area contributed by atoms with E-state index in [9.17, 15) is 0 Å². The third-order valence-electron chi connectivity index (χ3n) is 1.25. The summed E-state index contributed by atoms with van der Waals surface area (Å²) in [6.45, 7) is 0. The Balaban J connectivity index is 0.000000720. The second kappa shape index (κ2) is 3.57. The Bertz CT molecular complexity index is 400. The van der Waals surface area contributed by atoms with Gasteiger partial charge in [-0.25, -0.2) is 4.98 Å². The van der Waals surface area contributed by atoms with Crippen molar-refractivity contribution in [3.63, 3.8) is 0 Å². The summed E-state index contributed by atoms with van der Waals surface area (Å²) in [5, 5.41) is 0.272. The first-order valence-electron chi connectivity index (χ1n) is 2.89. The molecular weight excluding hydrogens is 189 g/mol. The van der Waals surface area contributed by atoms with Gasteiger partial charge >= 0.3 is 29.6 Å². The van der Waals surface area contributed by atoms with Crippen molar-refractivity contribution in [3.8, 4) is 0 Å². The maximum atomic E-state index is 5.69. The Morgan fingerprint density at radius 2 is 2.17 bits per heavy atom. The van der Waals surface area contributed by atoms with Crippen LogP contribution in [0.25, 0.3) is 11.2 Å². The fourth-order valence-electron chi connectivity index (χ4n) is 0.817. The van der Waals surface area contributed by atoms with Gasteiger partial charge in [0.25, 0.3) is 0 Å². The molecule has 0 saturated heterocycles. The van der Waals surface area contributed by atoms with E-state index in [0.717, 1.165) is 0 Å². The summed E-state index contributed by atoms with van der Waals surface area (Å²) >= 11 is 5.69. The second-order valence-corrected chi connectivity index (χ2v) is 2.33. The number of imidazole rings is 1. The van der Waals surface area contributed by atoms with Crippen molar-refractivity contribution in [1.82, 2.24) is 19.9 Å². The molecule has 5 nitrogen and oxygen atoms in total. The zero-order chi connectivity index (χ0) is 7.84. The van der Waals surface area contributed by atoms with Gasteiger partial charge < -0.3 is 10.7 Å². The molecule has 0 radical (unpaired) electrons. The first-order valence-corrected chi connectivity index (χ1v) is 3.27. The molecule has 58 valence electrons. The molecule has 2 aromatic heterocycles. The zero-order valence-corrected chi connectivity index (χ0v) is 6.13. The first kappa shape index (κ1) is 9.73. The third kappa shape index (κ3) is 1.54. The van der Waals surface area contributed by atoms with E-state index in [-0.39, 0.29) is 40.7 Å². The van der Waals surface area contributed by atoms with Crippen LogP contribution in [0.3, 0.4) is 0 Å². The number of hydrogen-bond acceptors (Lipinski definition) is 4. The molecule has 0 bridgehead atoms. The number of anilines is 1.